The summed E-state index contributed by atoms with van der Waals surface area (Å²) in [4.78, 5) is 26.8. The lowest BCUT2D eigenvalue weighted by atomic mass is 9.68. The smallest absolute Gasteiger partial charge is 0.305 e. The number of carbonyl (C=O) groups excluding carboxylic acids is 1. The van der Waals surface area contributed by atoms with Gasteiger partial charge in [0.2, 0.25) is 5.91 Å². The number of amides is 1. The van der Waals surface area contributed by atoms with Crippen molar-refractivity contribution in [3.63, 3.8) is 0 Å². The first kappa shape index (κ1) is 16.6. The highest BCUT2D eigenvalue weighted by molar-refractivity contribution is 5.85. The molecule has 0 spiro atoms. The maximum atomic E-state index is 13.7. The molecule has 2 bridgehead atoms. The first-order valence-corrected chi connectivity index (χ1v) is 9.65. The van der Waals surface area contributed by atoms with Crippen LogP contribution in [-0.4, -0.2) is 34.5 Å². The summed E-state index contributed by atoms with van der Waals surface area (Å²) in [7, 11) is 0. The molecule has 134 valence electrons. The Morgan fingerprint density at radius 2 is 1.96 bits per heavy atom. The van der Waals surface area contributed by atoms with E-state index < -0.39 is 5.97 Å². The molecule has 25 heavy (non-hydrogen) atoms. The van der Waals surface area contributed by atoms with Crippen LogP contribution in [0.4, 0.5) is 0 Å². The molecule has 0 radical (unpaired) electrons. The number of carbonyl (C=O) groups is 2. The van der Waals surface area contributed by atoms with E-state index in [4.69, 9.17) is 0 Å². The zero-order valence-electron chi connectivity index (χ0n) is 14.7. The van der Waals surface area contributed by atoms with Crippen molar-refractivity contribution in [2.24, 2.45) is 17.3 Å². The molecule has 4 atom stereocenters. The van der Waals surface area contributed by atoms with E-state index in [9.17, 15) is 14.7 Å². The van der Waals surface area contributed by atoms with Gasteiger partial charge in [-0.2, -0.15) is 0 Å². The van der Waals surface area contributed by atoms with Gasteiger partial charge in [0.05, 0.1) is 11.8 Å². The maximum Gasteiger partial charge on any atom is 0.305 e. The molecule has 2 aliphatic carbocycles. The quantitative estimate of drug-likeness (QED) is 0.892. The van der Waals surface area contributed by atoms with Crippen molar-refractivity contribution >= 4 is 11.9 Å². The number of nitrogens with zero attached hydrogens (tertiary/aromatic N) is 1. The molecule has 3 aliphatic rings. The molecule has 0 aromatic heterocycles. The van der Waals surface area contributed by atoms with E-state index in [2.05, 4.69) is 12.1 Å². The zero-order chi connectivity index (χ0) is 17.4. The average molecular weight is 341 g/mol. The van der Waals surface area contributed by atoms with Crippen molar-refractivity contribution in [1.82, 2.24) is 4.90 Å². The molecule has 1 aliphatic heterocycles. The van der Waals surface area contributed by atoms with Gasteiger partial charge < -0.3 is 10.0 Å². The van der Waals surface area contributed by atoms with Gasteiger partial charge in [0.1, 0.15) is 0 Å². The summed E-state index contributed by atoms with van der Waals surface area (Å²) in [5.74, 6) is 0.594. The minimum atomic E-state index is -0.797. The van der Waals surface area contributed by atoms with Crippen LogP contribution in [0.1, 0.15) is 50.5 Å². The third-order valence-electron chi connectivity index (χ3n) is 6.81. The molecule has 2 saturated carbocycles. The van der Waals surface area contributed by atoms with Crippen LogP contribution in [0.5, 0.6) is 0 Å². The molecule has 1 amide bonds. The summed E-state index contributed by atoms with van der Waals surface area (Å²) in [6, 6.07) is 10.2. The van der Waals surface area contributed by atoms with Crippen LogP contribution in [-0.2, 0) is 16.0 Å². The Morgan fingerprint density at radius 3 is 2.60 bits per heavy atom. The van der Waals surface area contributed by atoms with E-state index in [-0.39, 0.29) is 23.8 Å². The van der Waals surface area contributed by atoms with Crippen molar-refractivity contribution < 1.29 is 14.7 Å². The van der Waals surface area contributed by atoms with Gasteiger partial charge in [0.25, 0.3) is 0 Å². The highest BCUT2D eigenvalue weighted by Gasteiger charge is 2.57. The summed E-state index contributed by atoms with van der Waals surface area (Å²) < 4.78 is 0. The zero-order valence-corrected chi connectivity index (χ0v) is 14.7. The Labute approximate surface area is 149 Å². The number of hydrogen-bond donors (Lipinski definition) is 1. The average Bonchev–Trinajstić information content (AvgIpc) is 3.31. The fourth-order valence-electron chi connectivity index (χ4n) is 5.76. The standard InChI is InChI=1S/C21H27NO3/c23-19(24)12-18-7-4-10-22(18)20(25)21(13-15-5-2-1-3-6-15)14-16-8-9-17(21)11-16/h1-3,5-6,16-18H,4,7-14H2,(H,23,24). The third kappa shape index (κ3) is 2.96. The minimum Gasteiger partial charge on any atom is -0.481 e. The summed E-state index contributed by atoms with van der Waals surface area (Å²) in [5, 5.41) is 9.21. The summed E-state index contributed by atoms with van der Waals surface area (Å²) >= 11 is 0. The summed E-state index contributed by atoms with van der Waals surface area (Å²) in [5.41, 5.74) is 0.933. The molecule has 1 heterocycles. The monoisotopic (exact) mass is 341 g/mol. The molecule has 1 aromatic carbocycles. The lowest BCUT2D eigenvalue weighted by Crippen LogP contribution is -2.50. The van der Waals surface area contributed by atoms with Gasteiger partial charge in [-0.1, -0.05) is 36.8 Å². The second-order valence-electron chi connectivity index (χ2n) is 8.29. The van der Waals surface area contributed by atoms with E-state index in [1.165, 1.54) is 18.4 Å². The lowest BCUT2D eigenvalue weighted by molar-refractivity contribution is -0.148. The van der Waals surface area contributed by atoms with E-state index >= 15 is 0 Å². The fourth-order valence-corrected chi connectivity index (χ4v) is 5.76. The van der Waals surface area contributed by atoms with Crippen molar-refractivity contribution in [2.45, 2.75) is 57.4 Å². The number of carboxylic acid groups (broad SMARTS) is 1. The van der Waals surface area contributed by atoms with Crippen LogP contribution in [0.15, 0.2) is 30.3 Å². The molecule has 4 rings (SSSR count). The van der Waals surface area contributed by atoms with Gasteiger partial charge in [-0.05, 0) is 55.9 Å². The van der Waals surface area contributed by atoms with Gasteiger partial charge in [0.15, 0.2) is 0 Å². The molecule has 4 heteroatoms. The second-order valence-corrected chi connectivity index (χ2v) is 8.29. The topological polar surface area (TPSA) is 57.6 Å². The molecule has 1 saturated heterocycles. The Balaban J connectivity index is 1.62. The first-order chi connectivity index (χ1) is 12.1. The highest BCUT2D eigenvalue weighted by atomic mass is 16.4. The molecule has 4 unspecified atom stereocenters. The van der Waals surface area contributed by atoms with Gasteiger partial charge >= 0.3 is 5.97 Å². The Hall–Kier alpha value is -1.84. The van der Waals surface area contributed by atoms with Gasteiger partial charge in [0, 0.05) is 12.6 Å². The molecular weight excluding hydrogens is 314 g/mol. The normalized spacial score (nSPS) is 33.8. The van der Waals surface area contributed by atoms with Crippen LogP contribution in [0, 0.1) is 17.3 Å². The maximum absolute atomic E-state index is 13.7. The van der Waals surface area contributed by atoms with Crippen LogP contribution < -0.4 is 0 Å². The van der Waals surface area contributed by atoms with Crippen LogP contribution in [0.3, 0.4) is 0 Å². The van der Waals surface area contributed by atoms with Crippen molar-refractivity contribution in [1.29, 1.82) is 0 Å². The van der Waals surface area contributed by atoms with E-state index in [1.807, 2.05) is 23.1 Å². The van der Waals surface area contributed by atoms with Crippen molar-refractivity contribution in [3.05, 3.63) is 35.9 Å². The molecule has 3 fully saturated rings. The molecular formula is C21H27NO3. The summed E-state index contributed by atoms with van der Waals surface area (Å²) in [6.07, 6.45) is 7.23. The van der Waals surface area contributed by atoms with Crippen LogP contribution in [0.2, 0.25) is 0 Å². The minimum absolute atomic E-state index is 0.0846. The predicted molar refractivity (Wildman–Crippen MR) is 95.0 cm³/mol. The van der Waals surface area contributed by atoms with Crippen LogP contribution in [0.25, 0.3) is 0 Å². The molecule has 4 nitrogen and oxygen atoms in total. The Morgan fingerprint density at radius 1 is 1.16 bits per heavy atom. The van der Waals surface area contributed by atoms with Crippen LogP contribution >= 0.6 is 0 Å². The number of fused-ring (bicyclic) bond motifs is 2. The highest BCUT2D eigenvalue weighted by Crippen LogP contribution is 2.58. The largest absolute Gasteiger partial charge is 0.481 e. The van der Waals surface area contributed by atoms with E-state index in [0.29, 0.717) is 11.8 Å². The molecule has 1 N–H and O–H groups in total. The van der Waals surface area contributed by atoms with Gasteiger partial charge in [-0.3, -0.25) is 9.59 Å². The Kier molecular flexibility index (Phi) is 4.30. The number of carboxylic acids is 1. The van der Waals surface area contributed by atoms with Crippen molar-refractivity contribution in [3.8, 4) is 0 Å². The summed E-state index contributed by atoms with van der Waals surface area (Å²) in [6.45, 7) is 0.727. The number of rotatable bonds is 5. The SMILES string of the molecule is O=C(O)CC1CCCN1C(=O)C1(Cc2ccccc2)CC2CCC1C2. The first-order valence-electron chi connectivity index (χ1n) is 9.65. The van der Waals surface area contributed by atoms with Gasteiger partial charge in [-0.15, -0.1) is 0 Å². The van der Waals surface area contributed by atoms with Gasteiger partial charge in [-0.25, -0.2) is 0 Å². The lowest BCUT2D eigenvalue weighted by Gasteiger charge is -2.41. The number of hydrogen-bond acceptors (Lipinski definition) is 2. The second kappa shape index (κ2) is 6.47. The predicted octanol–water partition coefficient (Wildman–Crippen LogP) is 3.50. The van der Waals surface area contributed by atoms with Crippen molar-refractivity contribution in [2.75, 3.05) is 6.54 Å². The molecule has 1 aromatic rings. The number of benzene rings is 1. The fraction of sp³-hybridized carbons (Fsp3) is 0.619. The number of aliphatic carboxylic acids is 1. The third-order valence-corrected chi connectivity index (χ3v) is 6.81. The van der Waals surface area contributed by atoms with E-state index in [0.717, 1.165) is 38.6 Å². The van der Waals surface area contributed by atoms with E-state index in [1.54, 1.807) is 0 Å². The Bertz CT molecular complexity index is 658. The number of likely N-dealkylation sites (tertiary alicyclic amines) is 1.